The number of hydrogen-bond acceptors (Lipinski definition) is 7. The molecule has 0 amide bonds. The minimum atomic E-state index is -2.93. The second-order valence-electron chi connectivity index (χ2n) is 6.41. The van der Waals surface area contributed by atoms with Crippen molar-refractivity contribution >= 4 is 21.6 Å². The van der Waals surface area contributed by atoms with Crippen LogP contribution in [0.25, 0.3) is 0 Å². The van der Waals surface area contributed by atoms with Crippen molar-refractivity contribution < 1.29 is 8.42 Å². The minimum absolute atomic E-state index is 0.0534. The fourth-order valence-electron chi connectivity index (χ4n) is 2.93. The zero-order valence-electron chi connectivity index (χ0n) is 14.5. The lowest BCUT2D eigenvalue weighted by Crippen LogP contribution is -2.34. The summed E-state index contributed by atoms with van der Waals surface area (Å²) in [5, 5.41) is 0. The van der Waals surface area contributed by atoms with Crippen LogP contribution in [0.4, 0.5) is 11.8 Å². The van der Waals surface area contributed by atoms with Gasteiger partial charge in [-0.1, -0.05) is 0 Å². The molecule has 0 saturated carbocycles. The molecule has 0 bridgehead atoms. The van der Waals surface area contributed by atoms with Crippen LogP contribution in [-0.4, -0.2) is 61.6 Å². The van der Waals surface area contributed by atoms with Gasteiger partial charge in [0.1, 0.15) is 5.82 Å². The van der Waals surface area contributed by atoms with Crippen molar-refractivity contribution in [2.24, 2.45) is 0 Å². The van der Waals surface area contributed by atoms with E-state index in [2.05, 4.69) is 19.9 Å². The summed E-state index contributed by atoms with van der Waals surface area (Å²) < 4.78 is 23.4. The predicted molar refractivity (Wildman–Crippen MR) is 98.7 cm³/mol. The summed E-state index contributed by atoms with van der Waals surface area (Å²) in [5.41, 5.74) is 1.23. The topological polar surface area (TPSA) is 79.3 Å². The van der Waals surface area contributed by atoms with Crippen LogP contribution in [-0.2, 0) is 16.3 Å². The van der Waals surface area contributed by atoms with E-state index in [1.54, 1.807) is 18.6 Å². The van der Waals surface area contributed by atoms with Gasteiger partial charge in [-0.15, -0.1) is 0 Å². The largest absolute Gasteiger partial charge is 0.359 e. The van der Waals surface area contributed by atoms with Gasteiger partial charge < -0.3 is 9.80 Å². The Bertz CT molecular complexity index is 813. The maximum Gasteiger partial charge on any atom is 0.227 e. The normalized spacial score (nSPS) is 18.9. The van der Waals surface area contributed by atoms with E-state index < -0.39 is 9.84 Å². The number of likely N-dealkylation sites (N-methyl/N-ethyl adjacent to an activating group) is 1. The third-order valence-electron chi connectivity index (χ3n) is 4.58. The Morgan fingerprint density at radius 3 is 2.60 bits per heavy atom. The molecule has 3 heterocycles. The van der Waals surface area contributed by atoms with Crippen LogP contribution in [0.15, 0.2) is 36.8 Å². The van der Waals surface area contributed by atoms with Crippen LogP contribution in [0.1, 0.15) is 12.0 Å². The number of rotatable bonds is 6. The first kappa shape index (κ1) is 17.6. The SMILES string of the molecule is CN(CCc1ccncc1)c1ccnc(N(C)C2CCS(=O)(=O)C2)n1. The number of sulfone groups is 1. The van der Waals surface area contributed by atoms with E-state index in [0.29, 0.717) is 12.4 Å². The van der Waals surface area contributed by atoms with Crippen molar-refractivity contribution in [2.45, 2.75) is 18.9 Å². The number of hydrogen-bond donors (Lipinski definition) is 0. The highest BCUT2D eigenvalue weighted by atomic mass is 32.2. The lowest BCUT2D eigenvalue weighted by Gasteiger charge is -2.25. The molecule has 1 atom stereocenters. The lowest BCUT2D eigenvalue weighted by molar-refractivity contribution is 0.600. The minimum Gasteiger partial charge on any atom is -0.359 e. The van der Waals surface area contributed by atoms with Gasteiger partial charge in [-0.3, -0.25) is 4.98 Å². The van der Waals surface area contributed by atoms with Gasteiger partial charge in [0.05, 0.1) is 11.5 Å². The molecule has 2 aromatic heterocycles. The molecule has 3 rings (SSSR count). The highest BCUT2D eigenvalue weighted by Crippen LogP contribution is 2.21. The van der Waals surface area contributed by atoms with Crippen molar-refractivity contribution in [3.05, 3.63) is 42.4 Å². The summed E-state index contributed by atoms with van der Waals surface area (Å²) in [7, 11) is 0.929. The Labute approximate surface area is 148 Å². The maximum absolute atomic E-state index is 11.7. The third kappa shape index (κ3) is 4.45. The Hall–Kier alpha value is -2.22. The van der Waals surface area contributed by atoms with Gasteiger partial charge in [-0.2, -0.15) is 4.98 Å². The molecule has 1 unspecified atom stereocenters. The van der Waals surface area contributed by atoms with E-state index >= 15 is 0 Å². The summed E-state index contributed by atoms with van der Waals surface area (Å²) in [4.78, 5) is 16.9. The Balaban J connectivity index is 1.66. The molecule has 1 aliphatic heterocycles. The Kier molecular flexibility index (Phi) is 5.17. The first-order valence-corrected chi connectivity index (χ1v) is 10.1. The third-order valence-corrected chi connectivity index (χ3v) is 6.33. The zero-order valence-corrected chi connectivity index (χ0v) is 15.4. The quantitative estimate of drug-likeness (QED) is 0.764. The first-order valence-electron chi connectivity index (χ1n) is 8.31. The highest BCUT2D eigenvalue weighted by Gasteiger charge is 2.31. The van der Waals surface area contributed by atoms with Gasteiger partial charge in [0.25, 0.3) is 0 Å². The smallest absolute Gasteiger partial charge is 0.227 e. The first-order chi connectivity index (χ1) is 11.9. The summed E-state index contributed by atoms with van der Waals surface area (Å²) in [6.45, 7) is 0.821. The monoisotopic (exact) mass is 361 g/mol. The lowest BCUT2D eigenvalue weighted by atomic mass is 10.2. The highest BCUT2D eigenvalue weighted by molar-refractivity contribution is 7.91. The Morgan fingerprint density at radius 1 is 1.16 bits per heavy atom. The standard InChI is InChI=1S/C17H23N5O2S/c1-21(11-6-14-3-8-18-9-4-14)16-5-10-19-17(20-16)22(2)15-7-12-25(23,24)13-15/h3-5,8-10,15H,6-7,11-13H2,1-2H3. The van der Waals surface area contributed by atoms with Gasteiger partial charge in [-0.05, 0) is 36.6 Å². The van der Waals surface area contributed by atoms with Gasteiger partial charge in [0.2, 0.25) is 5.95 Å². The van der Waals surface area contributed by atoms with E-state index in [4.69, 9.17) is 0 Å². The van der Waals surface area contributed by atoms with E-state index in [0.717, 1.165) is 18.8 Å². The molecule has 0 radical (unpaired) electrons. The van der Waals surface area contributed by atoms with Crippen LogP contribution in [0.5, 0.6) is 0 Å². The molecule has 0 N–H and O–H groups in total. The zero-order chi connectivity index (χ0) is 17.9. The second-order valence-corrected chi connectivity index (χ2v) is 8.64. The molecule has 0 aliphatic carbocycles. The molecule has 2 aromatic rings. The summed E-state index contributed by atoms with van der Waals surface area (Å²) in [5.74, 6) is 1.81. The van der Waals surface area contributed by atoms with Gasteiger partial charge in [0.15, 0.2) is 9.84 Å². The Morgan fingerprint density at radius 2 is 1.92 bits per heavy atom. The van der Waals surface area contributed by atoms with Crippen molar-refractivity contribution in [1.82, 2.24) is 15.0 Å². The molecule has 8 heteroatoms. The van der Waals surface area contributed by atoms with Crippen molar-refractivity contribution in [3.63, 3.8) is 0 Å². The fraction of sp³-hybridized carbons (Fsp3) is 0.471. The molecular weight excluding hydrogens is 338 g/mol. The number of pyridine rings is 1. The molecule has 7 nitrogen and oxygen atoms in total. The van der Waals surface area contributed by atoms with E-state index in [9.17, 15) is 8.42 Å². The van der Waals surface area contributed by atoms with E-state index in [1.807, 2.05) is 37.2 Å². The van der Waals surface area contributed by atoms with Gasteiger partial charge >= 0.3 is 0 Å². The summed E-state index contributed by atoms with van der Waals surface area (Å²) >= 11 is 0. The average molecular weight is 361 g/mol. The molecule has 0 aromatic carbocycles. The fourth-order valence-corrected chi connectivity index (χ4v) is 4.70. The van der Waals surface area contributed by atoms with Crippen LogP contribution >= 0.6 is 0 Å². The average Bonchev–Trinajstić information content (AvgIpc) is 3.00. The van der Waals surface area contributed by atoms with Crippen molar-refractivity contribution in [3.8, 4) is 0 Å². The van der Waals surface area contributed by atoms with E-state index in [1.165, 1.54) is 5.56 Å². The van der Waals surface area contributed by atoms with Crippen LogP contribution in [0.2, 0.25) is 0 Å². The molecule has 1 aliphatic rings. The number of anilines is 2. The van der Waals surface area contributed by atoms with Crippen molar-refractivity contribution in [2.75, 3.05) is 41.9 Å². The molecule has 1 fully saturated rings. The van der Waals surface area contributed by atoms with Gasteiger partial charge in [0, 0.05) is 45.3 Å². The summed E-state index contributed by atoms with van der Waals surface area (Å²) in [6, 6.07) is 5.83. The predicted octanol–water partition coefficient (Wildman–Crippen LogP) is 1.17. The molecule has 0 spiro atoms. The van der Waals surface area contributed by atoms with Crippen LogP contribution in [0, 0.1) is 0 Å². The molecule has 134 valence electrons. The van der Waals surface area contributed by atoms with Crippen molar-refractivity contribution in [1.29, 1.82) is 0 Å². The van der Waals surface area contributed by atoms with Crippen LogP contribution in [0.3, 0.4) is 0 Å². The van der Waals surface area contributed by atoms with Crippen LogP contribution < -0.4 is 9.80 Å². The molecular formula is C17H23N5O2S. The number of aromatic nitrogens is 3. The second kappa shape index (κ2) is 7.35. The molecule has 1 saturated heterocycles. The molecule has 25 heavy (non-hydrogen) atoms. The van der Waals surface area contributed by atoms with E-state index in [-0.39, 0.29) is 17.5 Å². The number of nitrogens with zero attached hydrogens (tertiary/aromatic N) is 5. The van der Waals surface area contributed by atoms with Gasteiger partial charge in [-0.25, -0.2) is 13.4 Å². The maximum atomic E-state index is 11.7. The summed E-state index contributed by atoms with van der Waals surface area (Å²) in [6.07, 6.45) is 6.84.